The fraction of sp³-hybridized carbons (Fsp3) is 0.176. The number of alkyl halides is 2. The molecule has 23 heavy (non-hydrogen) atoms. The Hall–Kier alpha value is -2.76. The zero-order valence-electron chi connectivity index (χ0n) is 12.5. The van der Waals surface area contributed by atoms with E-state index < -0.39 is 6.61 Å². The molecule has 0 aliphatic rings. The summed E-state index contributed by atoms with van der Waals surface area (Å²) in [5, 5.41) is 0. The van der Waals surface area contributed by atoms with Crippen molar-refractivity contribution in [3.63, 3.8) is 0 Å². The van der Waals surface area contributed by atoms with Gasteiger partial charge in [-0.2, -0.15) is 8.78 Å². The van der Waals surface area contributed by atoms with Gasteiger partial charge in [-0.1, -0.05) is 18.2 Å². The van der Waals surface area contributed by atoms with E-state index in [4.69, 9.17) is 0 Å². The molecular formula is C17H16F2N2O2. The molecule has 6 heteroatoms. The maximum Gasteiger partial charge on any atom is 0.387 e. The lowest BCUT2D eigenvalue weighted by atomic mass is 10.2. The Kier molecular flexibility index (Phi) is 5.80. The highest BCUT2D eigenvalue weighted by atomic mass is 19.3. The number of hydrogen-bond donors (Lipinski definition) is 0. The fourth-order valence-electron chi connectivity index (χ4n) is 1.90. The maximum absolute atomic E-state index is 12.1. The Morgan fingerprint density at radius 3 is 2.65 bits per heavy atom. The molecule has 1 aromatic carbocycles. The summed E-state index contributed by atoms with van der Waals surface area (Å²) in [7, 11) is 1.67. The molecule has 0 fully saturated rings. The number of carbonyl (C=O) groups excluding carboxylic acids is 1. The Morgan fingerprint density at radius 2 is 2.04 bits per heavy atom. The third-order valence-corrected chi connectivity index (χ3v) is 3.05. The van der Waals surface area contributed by atoms with Crippen molar-refractivity contribution in [3.8, 4) is 5.75 Å². The zero-order chi connectivity index (χ0) is 16.7. The first-order valence-electron chi connectivity index (χ1n) is 6.91. The Labute approximate surface area is 133 Å². The number of pyridine rings is 1. The van der Waals surface area contributed by atoms with Crippen molar-refractivity contribution in [2.75, 3.05) is 7.05 Å². The minimum Gasteiger partial charge on any atom is -0.435 e. The van der Waals surface area contributed by atoms with Crippen molar-refractivity contribution in [3.05, 3.63) is 66.0 Å². The topological polar surface area (TPSA) is 42.4 Å². The third kappa shape index (κ3) is 5.50. The number of likely N-dealkylation sites (N-methyl/N-ethyl adjacent to an activating group) is 1. The minimum atomic E-state index is -2.84. The summed E-state index contributed by atoms with van der Waals surface area (Å²) in [4.78, 5) is 17.5. The molecule has 0 unspecified atom stereocenters. The average Bonchev–Trinajstić information content (AvgIpc) is 2.55. The lowest BCUT2D eigenvalue weighted by Crippen LogP contribution is -2.24. The van der Waals surface area contributed by atoms with E-state index in [0.29, 0.717) is 6.54 Å². The highest BCUT2D eigenvalue weighted by Gasteiger charge is 2.07. The van der Waals surface area contributed by atoms with Crippen LogP contribution in [0.3, 0.4) is 0 Å². The van der Waals surface area contributed by atoms with Crippen LogP contribution >= 0.6 is 0 Å². The van der Waals surface area contributed by atoms with Gasteiger partial charge in [-0.3, -0.25) is 9.78 Å². The number of halogens is 2. The van der Waals surface area contributed by atoms with Crippen LogP contribution in [-0.4, -0.2) is 29.5 Å². The van der Waals surface area contributed by atoms with E-state index in [2.05, 4.69) is 9.72 Å². The highest BCUT2D eigenvalue weighted by molar-refractivity contribution is 5.91. The monoisotopic (exact) mass is 318 g/mol. The molecule has 1 amide bonds. The first-order chi connectivity index (χ1) is 11.0. The second-order valence-corrected chi connectivity index (χ2v) is 4.84. The van der Waals surface area contributed by atoms with Crippen molar-refractivity contribution >= 4 is 12.0 Å². The number of nitrogens with zero attached hydrogens (tertiary/aromatic N) is 2. The molecule has 0 saturated heterocycles. The van der Waals surface area contributed by atoms with Gasteiger partial charge in [0.2, 0.25) is 5.91 Å². The summed E-state index contributed by atoms with van der Waals surface area (Å²) in [6.07, 6.45) is 6.47. The highest BCUT2D eigenvalue weighted by Crippen LogP contribution is 2.15. The van der Waals surface area contributed by atoms with Gasteiger partial charge in [0.05, 0.1) is 0 Å². The van der Waals surface area contributed by atoms with Gasteiger partial charge in [-0.05, 0) is 35.4 Å². The number of benzene rings is 1. The standard InChI is InChI=1S/C17H16F2N2O2/c1-21(16(22)9-6-13-3-2-10-20-11-13)12-14-4-7-15(8-5-14)23-17(18)19/h2-11,17H,12H2,1H3/b9-6+. The number of ether oxygens (including phenoxy) is 1. The van der Waals surface area contributed by atoms with E-state index in [1.54, 1.807) is 43.7 Å². The predicted molar refractivity (Wildman–Crippen MR) is 82.8 cm³/mol. The summed E-state index contributed by atoms with van der Waals surface area (Å²) in [6, 6.07) is 9.82. The fourth-order valence-corrected chi connectivity index (χ4v) is 1.90. The van der Waals surface area contributed by atoms with Crippen LogP contribution in [0.25, 0.3) is 6.08 Å². The van der Waals surface area contributed by atoms with Crippen LogP contribution in [0.1, 0.15) is 11.1 Å². The second-order valence-electron chi connectivity index (χ2n) is 4.84. The van der Waals surface area contributed by atoms with E-state index in [1.807, 2.05) is 6.07 Å². The van der Waals surface area contributed by atoms with Gasteiger partial charge in [0.15, 0.2) is 0 Å². The summed E-state index contributed by atoms with van der Waals surface area (Å²) >= 11 is 0. The Balaban J connectivity index is 1.91. The first-order valence-corrected chi connectivity index (χ1v) is 6.91. The minimum absolute atomic E-state index is 0.0919. The summed E-state index contributed by atoms with van der Waals surface area (Å²) in [6.45, 7) is -2.48. The van der Waals surface area contributed by atoms with Gasteiger partial charge >= 0.3 is 6.61 Å². The first kappa shape index (κ1) is 16.6. The molecule has 4 nitrogen and oxygen atoms in total. The molecule has 0 aliphatic carbocycles. The molecule has 0 spiro atoms. The molecule has 2 rings (SSSR count). The van der Waals surface area contributed by atoms with Crippen molar-refractivity contribution in [2.24, 2.45) is 0 Å². The molecule has 2 aromatic rings. The van der Waals surface area contributed by atoms with Crippen LogP contribution in [-0.2, 0) is 11.3 Å². The van der Waals surface area contributed by atoms with Gasteiger partial charge in [0.1, 0.15) is 5.75 Å². The number of hydrogen-bond acceptors (Lipinski definition) is 3. The predicted octanol–water partition coefficient (Wildman–Crippen LogP) is 3.35. The summed E-state index contributed by atoms with van der Waals surface area (Å²) < 4.78 is 28.4. The third-order valence-electron chi connectivity index (χ3n) is 3.05. The van der Waals surface area contributed by atoms with Crippen LogP contribution in [0.5, 0.6) is 5.75 Å². The lowest BCUT2D eigenvalue weighted by molar-refractivity contribution is -0.125. The number of rotatable bonds is 6. The molecule has 0 aliphatic heterocycles. The van der Waals surface area contributed by atoms with Crippen molar-refractivity contribution in [2.45, 2.75) is 13.2 Å². The van der Waals surface area contributed by atoms with Crippen molar-refractivity contribution < 1.29 is 18.3 Å². The molecule has 0 atom stereocenters. The van der Waals surface area contributed by atoms with Crippen LogP contribution in [0, 0.1) is 0 Å². The van der Waals surface area contributed by atoms with Gasteiger partial charge in [-0.25, -0.2) is 0 Å². The lowest BCUT2D eigenvalue weighted by Gasteiger charge is -2.15. The molecule has 0 saturated carbocycles. The van der Waals surface area contributed by atoms with Crippen LogP contribution in [0.4, 0.5) is 8.78 Å². The normalized spacial score (nSPS) is 11.0. The number of amides is 1. The number of carbonyl (C=O) groups is 1. The van der Waals surface area contributed by atoms with E-state index in [0.717, 1.165) is 11.1 Å². The smallest absolute Gasteiger partial charge is 0.387 e. The van der Waals surface area contributed by atoms with Gasteiger partial charge < -0.3 is 9.64 Å². The molecular weight excluding hydrogens is 302 g/mol. The molecule has 0 bridgehead atoms. The molecule has 120 valence electrons. The maximum atomic E-state index is 12.1. The Morgan fingerprint density at radius 1 is 1.30 bits per heavy atom. The molecule has 1 heterocycles. The van der Waals surface area contributed by atoms with E-state index in [1.165, 1.54) is 23.1 Å². The van der Waals surface area contributed by atoms with Gasteiger partial charge in [-0.15, -0.1) is 0 Å². The summed E-state index contributed by atoms with van der Waals surface area (Å²) in [5.41, 5.74) is 1.65. The quantitative estimate of drug-likeness (QED) is 0.767. The van der Waals surface area contributed by atoms with E-state index in [9.17, 15) is 13.6 Å². The SMILES string of the molecule is CN(Cc1ccc(OC(F)F)cc1)C(=O)/C=C/c1cccnc1. The number of aromatic nitrogens is 1. The van der Waals surface area contributed by atoms with Gasteiger partial charge in [0, 0.05) is 32.1 Å². The average molecular weight is 318 g/mol. The van der Waals surface area contributed by atoms with Crippen molar-refractivity contribution in [1.29, 1.82) is 0 Å². The van der Waals surface area contributed by atoms with Crippen LogP contribution in [0.15, 0.2) is 54.9 Å². The molecule has 1 aromatic heterocycles. The van der Waals surface area contributed by atoms with E-state index in [-0.39, 0.29) is 11.7 Å². The van der Waals surface area contributed by atoms with E-state index >= 15 is 0 Å². The Bertz CT molecular complexity index is 658. The van der Waals surface area contributed by atoms with Crippen LogP contribution < -0.4 is 4.74 Å². The van der Waals surface area contributed by atoms with Gasteiger partial charge in [0.25, 0.3) is 0 Å². The van der Waals surface area contributed by atoms with Crippen molar-refractivity contribution in [1.82, 2.24) is 9.88 Å². The second kappa shape index (κ2) is 8.03. The molecule has 0 radical (unpaired) electrons. The van der Waals surface area contributed by atoms with Crippen LogP contribution in [0.2, 0.25) is 0 Å². The largest absolute Gasteiger partial charge is 0.435 e. The zero-order valence-corrected chi connectivity index (χ0v) is 12.5. The summed E-state index contributed by atoms with van der Waals surface area (Å²) in [5.74, 6) is -0.0732. The molecule has 0 N–H and O–H groups in total.